The van der Waals surface area contributed by atoms with E-state index in [2.05, 4.69) is 0 Å². The SMILES string of the molecule is [Ca+2].[La+3].[La+3].[S-2].[S-2].[S-2].[S-2]. The van der Waals surface area contributed by atoms with E-state index in [0.717, 1.165) is 0 Å². The molecule has 0 saturated heterocycles. The summed E-state index contributed by atoms with van der Waals surface area (Å²) in [5.41, 5.74) is 0. The molecule has 7 heteroatoms. The van der Waals surface area contributed by atoms with Crippen LogP contribution in [0.5, 0.6) is 0 Å². The van der Waals surface area contributed by atoms with Gasteiger partial charge in [0.05, 0.1) is 0 Å². The molecule has 0 nitrogen and oxygen atoms in total. The first kappa shape index (κ1) is 57.7. The summed E-state index contributed by atoms with van der Waals surface area (Å²) in [7, 11) is 0. The van der Waals surface area contributed by atoms with Crippen molar-refractivity contribution in [3.63, 3.8) is 0 Å². The van der Waals surface area contributed by atoms with Crippen LogP contribution >= 0.6 is 0 Å². The van der Waals surface area contributed by atoms with E-state index in [1.807, 2.05) is 0 Å². The maximum absolute atomic E-state index is 0. The molecule has 0 heterocycles. The third-order valence-electron chi connectivity index (χ3n) is 0. The minimum Gasteiger partial charge on any atom is -2.00 e. The first-order valence-corrected chi connectivity index (χ1v) is 0. The maximum atomic E-state index is 0. The Morgan fingerprint density at radius 1 is 0.429 bits per heavy atom. The van der Waals surface area contributed by atoms with E-state index in [4.69, 9.17) is 0 Å². The van der Waals surface area contributed by atoms with E-state index < -0.39 is 0 Å². The molecule has 0 amide bonds. The summed E-state index contributed by atoms with van der Waals surface area (Å²) < 4.78 is 0. The van der Waals surface area contributed by atoms with Crippen molar-refractivity contribution in [2.75, 3.05) is 0 Å². The fraction of sp³-hybridized carbons (Fsp3) is 0. The van der Waals surface area contributed by atoms with Crippen LogP contribution in [0.15, 0.2) is 0 Å². The second kappa shape index (κ2) is 43.8. The zero-order valence-electron chi connectivity index (χ0n) is 3.49. The number of hydrogen-bond acceptors (Lipinski definition) is 0. The van der Waals surface area contributed by atoms with Crippen LogP contribution in [0.2, 0.25) is 0 Å². The fourth-order valence-corrected chi connectivity index (χ4v) is 0. The quantitative estimate of drug-likeness (QED) is 0.445. The second-order valence-corrected chi connectivity index (χ2v) is 0. The predicted octanol–water partition coefficient (Wildman–Crippen LogP) is -0.390. The smallest absolute Gasteiger partial charge is 2.00 e. The third-order valence-corrected chi connectivity index (χ3v) is 0. The first-order valence-electron chi connectivity index (χ1n) is 0. The molecule has 0 aromatic heterocycles. The van der Waals surface area contributed by atoms with Gasteiger partial charge in [0.1, 0.15) is 0 Å². The molecular weight excluding hydrogens is 446 g/mol. The Bertz CT molecular complexity index is 9.65. The van der Waals surface area contributed by atoms with Crippen LogP contribution in [-0.2, 0) is 54.0 Å². The van der Waals surface area contributed by atoms with Crippen LogP contribution in [0, 0.1) is 71.2 Å². The molecule has 7 heavy (non-hydrogen) atoms. The Hall–Kier alpha value is 5.05. The zero-order chi connectivity index (χ0) is 0. The topological polar surface area (TPSA) is 0 Å². The Balaban J connectivity index is 0. The molecule has 0 fully saturated rings. The minimum absolute atomic E-state index is 0. The summed E-state index contributed by atoms with van der Waals surface area (Å²) in [5.74, 6) is 0. The van der Waals surface area contributed by atoms with Crippen LogP contribution in [-0.4, -0.2) is 37.7 Å². The second-order valence-electron chi connectivity index (χ2n) is 0. The largest absolute Gasteiger partial charge is 3.00 e. The minimum atomic E-state index is 0. The van der Waals surface area contributed by atoms with Crippen molar-refractivity contribution in [3.8, 4) is 0 Å². The van der Waals surface area contributed by atoms with Crippen LogP contribution in [0.4, 0.5) is 0 Å². The Morgan fingerprint density at radius 2 is 0.429 bits per heavy atom. The molecule has 0 saturated carbocycles. The van der Waals surface area contributed by atoms with E-state index in [9.17, 15) is 0 Å². The van der Waals surface area contributed by atoms with Crippen molar-refractivity contribution in [3.05, 3.63) is 0 Å². The fourth-order valence-electron chi connectivity index (χ4n) is 0. The summed E-state index contributed by atoms with van der Waals surface area (Å²) in [4.78, 5) is 0. The van der Waals surface area contributed by atoms with Crippen LogP contribution in [0.1, 0.15) is 0 Å². The molecule has 0 aliphatic rings. The Kier molecular flexibility index (Phi) is 361. The van der Waals surface area contributed by atoms with Crippen molar-refractivity contribution >= 4 is 91.7 Å². The van der Waals surface area contributed by atoms with E-state index in [-0.39, 0.29) is 163 Å². The average Bonchev–Trinajstić information content (AvgIpc) is 0. The molecule has 0 radical (unpaired) electrons. The number of hydrogen-bond donors (Lipinski definition) is 0. The average molecular weight is 446 g/mol. The molecule has 0 unspecified atom stereocenters. The summed E-state index contributed by atoms with van der Waals surface area (Å²) in [6.45, 7) is 0. The molecule has 0 spiro atoms. The van der Waals surface area contributed by atoms with Gasteiger partial charge in [-0.15, -0.1) is 0 Å². The molecule has 0 bridgehead atoms. The predicted molar refractivity (Wildman–Crippen MR) is 35.2 cm³/mol. The molecule has 0 aliphatic carbocycles. The van der Waals surface area contributed by atoms with Gasteiger partial charge in [0.25, 0.3) is 0 Å². The molecule has 0 aromatic carbocycles. The van der Waals surface area contributed by atoms with Gasteiger partial charge in [-0.3, -0.25) is 0 Å². The van der Waals surface area contributed by atoms with Gasteiger partial charge >= 0.3 is 109 Å². The molecule has 0 atom stereocenters. The van der Waals surface area contributed by atoms with Gasteiger partial charge in [-0.1, -0.05) is 0 Å². The van der Waals surface area contributed by atoms with Gasteiger partial charge in [0, 0.05) is 0 Å². The Labute approximate surface area is 158 Å². The standard InChI is InChI=1S/Ca.2La.4S/q+2;2*+3;4*-2. The normalized spacial score (nSPS) is 0. The summed E-state index contributed by atoms with van der Waals surface area (Å²) in [5, 5.41) is 0. The van der Waals surface area contributed by atoms with Crippen molar-refractivity contribution in [1.29, 1.82) is 0 Å². The summed E-state index contributed by atoms with van der Waals surface area (Å²) in [6, 6.07) is 0. The van der Waals surface area contributed by atoms with Gasteiger partial charge in [-0.2, -0.15) is 0 Å². The van der Waals surface area contributed by atoms with Crippen molar-refractivity contribution in [2.24, 2.45) is 0 Å². The van der Waals surface area contributed by atoms with Gasteiger partial charge in [-0.05, 0) is 0 Å². The molecule has 0 N–H and O–H groups in total. The van der Waals surface area contributed by atoms with Gasteiger partial charge < -0.3 is 54.0 Å². The van der Waals surface area contributed by atoms with E-state index in [0.29, 0.717) is 0 Å². The van der Waals surface area contributed by atoms with Crippen molar-refractivity contribution < 1.29 is 71.2 Å². The van der Waals surface area contributed by atoms with Crippen LogP contribution in [0.25, 0.3) is 0 Å². The molecule has 0 aliphatic heterocycles. The Morgan fingerprint density at radius 3 is 0.429 bits per heavy atom. The summed E-state index contributed by atoms with van der Waals surface area (Å²) >= 11 is 0. The van der Waals surface area contributed by atoms with E-state index in [1.165, 1.54) is 0 Å². The van der Waals surface area contributed by atoms with Gasteiger partial charge in [0.15, 0.2) is 0 Å². The van der Waals surface area contributed by atoms with E-state index in [1.54, 1.807) is 0 Å². The molecule has 32 valence electrons. The third kappa shape index (κ3) is 35.5. The zero-order valence-corrected chi connectivity index (χ0v) is 16.2. The molecule has 0 aromatic rings. The van der Waals surface area contributed by atoms with Crippen LogP contribution in [0.3, 0.4) is 0 Å². The monoisotopic (exact) mass is 446 g/mol. The van der Waals surface area contributed by atoms with Crippen LogP contribution < -0.4 is 0 Å². The van der Waals surface area contributed by atoms with E-state index >= 15 is 0 Å². The van der Waals surface area contributed by atoms with Crippen molar-refractivity contribution in [2.45, 2.75) is 0 Å². The summed E-state index contributed by atoms with van der Waals surface area (Å²) in [6.07, 6.45) is 0. The molecule has 0 rings (SSSR count). The van der Waals surface area contributed by atoms with Gasteiger partial charge in [0.2, 0.25) is 0 Å². The number of rotatable bonds is 0. The van der Waals surface area contributed by atoms with Crippen molar-refractivity contribution in [1.82, 2.24) is 0 Å². The molecular formula is CaLa2S4. The first-order chi connectivity index (χ1) is 0. The van der Waals surface area contributed by atoms with Gasteiger partial charge in [-0.25, -0.2) is 0 Å². The maximum Gasteiger partial charge on any atom is 3.00 e.